The average Bonchev–Trinajstić information content (AvgIpc) is 2.73. The van der Waals surface area contributed by atoms with Crippen LogP contribution < -0.4 is 10.5 Å². The van der Waals surface area contributed by atoms with Gasteiger partial charge in [-0.25, -0.2) is 4.39 Å². The number of aromatic nitrogens is 2. The van der Waals surface area contributed by atoms with Crippen LogP contribution in [0.25, 0.3) is 0 Å². The second-order valence-corrected chi connectivity index (χ2v) is 4.17. The van der Waals surface area contributed by atoms with E-state index in [9.17, 15) is 4.39 Å². The Kier molecular flexibility index (Phi) is 3.16. The number of nitriles is 1. The van der Waals surface area contributed by atoms with Crippen molar-refractivity contribution >= 4 is 16.5 Å². The largest absolute Gasteiger partial charge is 0.483 e. The number of anilines is 1. The Bertz CT molecular complexity index is 578. The zero-order valence-corrected chi connectivity index (χ0v) is 9.37. The second kappa shape index (κ2) is 4.76. The summed E-state index contributed by atoms with van der Waals surface area (Å²) in [5, 5.41) is 16.8. The number of hydrogen-bond acceptors (Lipinski definition) is 6. The zero-order valence-electron chi connectivity index (χ0n) is 8.55. The van der Waals surface area contributed by atoms with Crippen molar-refractivity contribution in [2.45, 2.75) is 6.61 Å². The maximum absolute atomic E-state index is 13.4. The molecule has 1 aromatic heterocycles. The van der Waals surface area contributed by atoms with Gasteiger partial charge >= 0.3 is 0 Å². The van der Waals surface area contributed by atoms with Gasteiger partial charge < -0.3 is 10.5 Å². The molecule has 0 atom stereocenters. The summed E-state index contributed by atoms with van der Waals surface area (Å²) < 4.78 is 18.6. The van der Waals surface area contributed by atoms with Gasteiger partial charge in [0.2, 0.25) is 5.13 Å². The van der Waals surface area contributed by atoms with Crippen molar-refractivity contribution in [1.82, 2.24) is 10.2 Å². The number of benzene rings is 1. The van der Waals surface area contributed by atoms with Gasteiger partial charge in [0.25, 0.3) is 0 Å². The van der Waals surface area contributed by atoms with Gasteiger partial charge in [-0.3, -0.25) is 0 Å². The fourth-order valence-corrected chi connectivity index (χ4v) is 1.67. The summed E-state index contributed by atoms with van der Waals surface area (Å²) in [5.74, 6) is -0.515. The van der Waals surface area contributed by atoms with Crippen LogP contribution in [0.3, 0.4) is 0 Å². The first-order chi connectivity index (χ1) is 8.19. The van der Waals surface area contributed by atoms with Crippen LogP contribution >= 0.6 is 11.3 Å². The monoisotopic (exact) mass is 250 g/mol. The number of nitrogens with two attached hydrogens (primary N) is 1. The summed E-state index contributed by atoms with van der Waals surface area (Å²) in [6.45, 7) is 0.0949. The van der Waals surface area contributed by atoms with E-state index < -0.39 is 5.82 Å². The van der Waals surface area contributed by atoms with Crippen LogP contribution in [-0.4, -0.2) is 10.2 Å². The molecule has 0 aliphatic heterocycles. The number of hydrogen-bond donors (Lipinski definition) is 1. The topological polar surface area (TPSA) is 84.8 Å². The Morgan fingerprint density at radius 3 is 2.88 bits per heavy atom. The maximum Gasteiger partial charge on any atom is 0.203 e. The molecule has 0 spiro atoms. The summed E-state index contributed by atoms with van der Waals surface area (Å²) in [4.78, 5) is 0. The Morgan fingerprint density at radius 1 is 1.47 bits per heavy atom. The van der Waals surface area contributed by atoms with E-state index in [0.29, 0.717) is 10.1 Å². The minimum Gasteiger partial charge on any atom is -0.483 e. The number of nitrogens with zero attached hydrogens (tertiary/aromatic N) is 3. The number of rotatable bonds is 3. The van der Waals surface area contributed by atoms with Crippen LogP contribution in [0.1, 0.15) is 10.6 Å². The van der Waals surface area contributed by atoms with Gasteiger partial charge in [-0.1, -0.05) is 11.3 Å². The average molecular weight is 250 g/mol. The van der Waals surface area contributed by atoms with Crippen molar-refractivity contribution in [3.63, 3.8) is 0 Å². The fraction of sp³-hybridized carbons (Fsp3) is 0.100. The third kappa shape index (κ3) is 2.68. The van der Waals surface area contributed by atoms with Gasteiger partial charge in [-0.15, -0.1) is 10.2 Å². The lowest BCUT2D eigenvalue weighted by Gasteiger charge is -2.04. The fourth-order valence-electron chi connectivity index (χ4n) is 1.15. The van der Waals surface area contributed by atoms with E-state index in [-0.39, 0.29) is 17.9 Å². The first kappa shape index (κ1) is 11.3. The summed E-state index contributed by atoms with van der Waals surface area (Å²) in [7, 11) is 0. The number of halogens is 1. The van der Waals surface area contributed by atoms with Crippen molar-refractivity contribution in [3.05, 3.63) is 34.6 Å². The predicted octanol–water partition coefficient (Wildman–Crippen LogP) is 1.71. The molecule has 1 aromatic carbocycles. The zero-order chi connectivity index (χ0) is 12.3. The van der Waals surface area contributed by atoms with Gasteiger partial charge in [0.05, 0.1) is 11.6 Å². The normalized spacial score (nSPS) is 9.88. The van der Waals surface area contributed by atoms with Crippen LogP contribution in [0.15, 0.2) is 18.2 Å². The Labute approximate surface area is 100 Å². The van der Waals surface area contributed by atoms with Crippen LogP contribution in [0.5, 0.6) is 5.75 Å². The van der Waals surface area contributed by atoms with E-state index in [1.165, 1.54) is 23.5 Å². The first-order valence-corrected chi connectivity index (χ1v) is 5.41. The highest BCUT2D eigenvalue weighted by Crippen LogP contribution is 2.20. The second-order valence-electron chi connectivity index (χ2n) is 3.08. The summed E-state index contributed by atoms with van der Waals surface area (Å²) in [5.41, 5.74) is 5.64. The Morgan fingerprint density at radius 2 is 2.29 bits per heavy atom. The van der Waals surface area contributed by atoms with Crippen LogP contribution in [0, 0.1) is 17.1 Å². The highest BCUT2D eigenvalue weighted by atomic mass is 32.1. The molecular weight excluding hydrogens is 243 g/mol. The molecule has 2 N–H and O–H groups in total. The summed E-state index contributed by atoms with van der Waals surface area (Å²) in [6, 6.07) is 5.83. The highest BCUT2D eigenvalue weighted by molar-refractivity contribution is 7.15. The molecule has 7 heteroatoms. The van der Waals surface area contributed by atoms with Crippen molar-refractivity contribution in [2.75, 3.05) is 5.73 Å². The van der Waals surface area contributed by atoms with E-state index in [2.05, 4.69) is 10.2 Å². The Hall–Kier alpha value is -2.20. The quantitative estimate of drug-likeness (QED) is 0.896. The van der Waals surface area contributed by atoms with Crippen molar-refractivity contribution < 1.29 is 9.13 Å². The van der Waals surface area contributed by atoms with Gasteiger partial charge in [0, 0.05) is 0 Å². The molecule has 0 radical (unpaired) electrons. The highest BCUT2D eigenvalue weighted by Gasteiger charge is 2.07. The molecule has 0 aliphatic rings. The van der Waals surface area contributed by atoms with E-state index in [1.54, 1.807) is 0 Å². The summed E-state index contributed by atoms with van der Waals surface area (Å²) >= 11 is 1.18. The first-order valence-electron chi connectivity index (χ1n) is 4.59. The SMILES string of the molecule is N#Cc1ccc(OCc2nnc(N)s2)c(F)c1. The molecule has 1 heterocycles. The summed E-state index contributed by atoms with van der Waals surface area (Å²) in [6.07, 6.45) is 0. The van der Waals surface area contributed by atoms with Gasteiger partial charge in [-0.2, -0.15) is 5.26 Å². The number of nitrogen functional groups attached to an aromatic ring is 1. The molecule has 2 rings (SSSR count). The maximum atomic E-state index is 13.4. The molecule has 0 bridgehead atoms. The predicted molar refractivity (Wildman–Crippen MR) is 59.8 cm³/mol. The molecule has 86 valence electrons. The Balaban J connectivity index is 2.07. The van der Waals surface area contributed by atoms with Crippen molar-refractivity contribution in [2.24, 2.45) is 0 Å². The molecule has 5 nitrogen and oxygen atoms in total. The van der Waals surface area contributed by atoms with Crippen LogP contribution in [0.4, 0.5) is 9.52 Å². The van der Waals surface area contributed by atoms with Crippen molar-refractivity contribution in [3.8, 4) is 11.8 Å². The molecule has 0 saturated heterocycles. The minimum atomic E-state index is -0.582. The molecule has 0 amide bonds. The van der Waals surface area contributed by atoms with Crippen LogP contribution in [0.2, 0.25) is 0 Å². The lowest BCUT2D eigenvalue weighted by Crippen LogP contribution is -1.97. The lowest BCUT2D eigenvalue weighted by atomic mass is 10.2. The van der Waals surface area contributed by atoms with Gasteiger partial charge in [0.1, 0.15) is 6.61 Å². The van der Waals surface area contributed by atoms with Crippen LogP contribution in [-0.2, 0) is 6.61 Å². The van der Waals surface area contributed by atoms with E-state index >= 15 is 0 Å². The van der Waals surface area contributed by atoms with Crippen molar-refractivity contribution in [1.29, 1.82) is 5.26 Å². The molecule has 2 aromatic rings. The third-order valence-corrected chi connectivity index (χ3v) is 2.62. The molecular formula is C10H7FN4OS. The van der Waals surface area contributed by atoms with E-state index in [0.717, 1.165) is 6.07 Å². The van der Waals surface area contributed by atoms with Gasteiger partial charge in [-0.05, 0) is 18.2 Å². The number of ether oxygens (including phenoxy) is 1. The molecule has 0 saturated carbocycles. The smallest absolute Gasteiger partial charge is 0.203 e. The molecule has 17 heavy (non-hydrogen) atoms. The molecule has 0 unspecified atom stereocenters. The third-order valence-electron chi connectivity index (χ3n) is 1.89. The van der Waals surface area contributed by atoms with E-state index in [4.69, 9.17) is 15.7 Å². The molecule has 0 aliphatic carbocycles. The standard InChI is InChI=1S/C10H7FN4OS/c11-7-3-6(4-12)1-2-8(7)16-5-9-14-15-10(13)17-9/h1-3H,5H2,(H2,13,15). The molecule has 0 fully saturated rings. The van der Waals surface area contributed by atoms with E-state index in [1.807, 2.05) is 6.07 Å². The van der Waals surface area contributed by atoms with Gasteiger partial charge in [0.15, 0.2) is 16.6 Å². The minimum absolute atomic E-state index is 0.0674. The lowest BCUT2D eigenvalue weighted by molar-refractivity contribution is 0.289.